The maximum absolute atomic E-state index is 12.5. The van der Waals surface area contributed by atoms with E-state index in [-0.39, 0.29) is 28.7 Å². The van der Waals surface area contributed by atoms with Gasteiger partial charge in [0.15, 0.2) is 12.2 Å². The number of hydrogen-bond acceptors (Lipinski definition) is 9. The van der Waals surface area contributed by atoms with E-state index in [2.05, 4.69) is 4.98 Å². The number of ether oxygens (including phenoxy) is 3. The van der Waals surface area contributed by atoms with E-state index in [1.807, 2.05) is 0 Å². The summed E-state index contributed by atoms with van der Waals surface area (Å²) >= 11 is 0. The fourth-order valence-electron chi connectivity index (χ4n) is 3.05. The summed E-state index contributed by atoms with van der Waals surface area (Å²) in [6, 6.07) is 9.03. The second kappa shape index (κ2) is 8.34. The van der Waals surface area contributed by atoms with Gasteiger partial charge >= 0.3 is 6.16 Å². The van der Waals surface area contributed by atoms with Gasteiger partial charge in [-0.15, -0.1) is 5.17 Å². The van der Waals surface area contributed by atoms with Crippen LogP contribution in [0.25, 0.3) is 0 Å². The van der Waals surface area contributed by atoms with Gasteiger partial charge in [0, 0.05) is 24.4 Å². The Morgan fingerprint density at radius 3 is 2.58 bits per heavy atom. The number of hydrazine groups is 1. The van der Waals surface area contributed by atoms with Crippen molar-refractivity contribution in [3.8, 4) is 5.75 Å². The van der Waals surface area contributed by atoms with Gasteiger partial charge in [0.05, 0.1) is 4.90 Å². The fourth-order valence-corrected chi connectivity index (χ4v) is 3.96. The van der Waals surface area contributed by atoms with Crippen molar-refractivity contribution >= 4 is 22.1 Å². The Morgan fingerprint density at radius 1 is 1.19 bits per heavy atom. The van der Waals surface area contributed by atoms with Gasteiger partial charge in [-0.2, -0.15) is 0 Å². The third-order valence-corrected chi connectivity index (χ3v) is 5.90. The number of fused-ring (bicyclic) bond motifs is 1. The molecule has 2 N–H and O–H groups in total. The number of hydroxylamine groups is 1. The lowest BCUT2D eigenvalue weighted by molar-refractivity contribution is -0.167. The molecule has 0 spiro atoms. The van der Waals surface area contributed by atoms with Crippen LogP contribution in [-0.2, 0) is 30.9 Å². The first-order valence-electron chi connectivity index (χ1n) is 9.07. The second-order valence-corrected chi connectivity index (χ2v) is 8.37. The minimum Gasteiger partial charge on any atom is -0.489 e. The molecule has 12 heteroatoms. The highest BCUT2D eigenvalue weighted by Gasteiger charge is 2.43. The lowest BCUT2D eigenvalue weighted by atomic mass is 10.2. The molecule has 0 bridgehead atoms. The standard InChI is InChI=1S/C19H17N3O8S/c23-18(13-9-16-17(10-13)30-19(24)29-16)22(25)21-31(26,27)15-3-1-14(2-4-15)28-11-12-5-7-20-8-6-12/h1-9,16-17,21,25H,10-11H2. The van der Waals surface area contributed by atoms with E-state index in [1.165, 1.54) is 30.3 Å². The maximum Gasteiger partial charge on any atom is 0.509 e. The number of carbonyl (C=O) groups is 2. The zero-order valence-electron chi connectivity index (χ0n) is 15.9. The number of pyridine rings is 1. The molecule has 0 saturated carbocycles. The van der Waals surface area contributed by atoms with E-state index < -0.39 is 34.3 Å². The van der Waals surface area contributed by atoms with Crippen LogP contribution >= 0.6 is 0 Å². The highest BCUT2D eigenvalue weighted by molar-refractivity contribution is 7.89. The van der Waals surface area contributed by atoms with Crippen molar-refractivity contribution in [2.24, 2.45) is 0 Å². The lowest BCUT2D eigenvalue weighted by Gasteiger charge is -2.17. The molecule has 2 aromatic rings. The van der Waals surface area contributed by atoms with Crippen LogP contribution in [0, 0.1) is 0 Å². The van der Waals surface area contributed by atoms with Gasteiger partial charge in [0.25, 0.3) is 15.9 Å². The minimum absolute atomic E-state index is 0.00244. The van der Waals surface area contributed by atoms with Crippen molar-refractivity contribution in [3.05, 3.63) is 66.0 Å². The van der Waals surface area contributed by atoms with Crippen molar-refractivity contribution in [1.82, 2.24) is 15.0 Å². The van der Waals surface area contributed by atoms with Crippen molar-refractivity contribution in [2.45, 2.75) is 30.1 Å². The molecule has 1 fully saturated rings. The summed E-state index contributed by atoms with van der Waals surface area (Å²) in [4.78, 5) is 28.8. The third-order valence-electron chi connectivity index (χ3n) is 4.60. The van der Waals surface area contributed by atoms with Crippen molar-refractivity contribution in [3.63, 3.8) is 0 Å². The third kappa shape index (κ3) is 4.66. The molecular weight excluding hydrogens is 430 g/mol. The first-order valence-corrected chi connectivity index (χ1v) is 10.6. The number of sulfonamides is 1. The number of hydrogen-bond donors (Lipinski definition) is 2. The number of rotatable bonds is 7. The van der Waals surface area contributed by atoms with Crippen LogP contribution in [0.2, 0.25) is 0 Å². The van der Waals surface area contributed by atoms with E-state index in [9.17, 15) is 23.2 Å². The summed E-state index contributed by atoms with van der Waals surface area (Å²) in [5, 5.41) is 9.80. The van der Waals surface area contributed by atoms with E-state index >= 15 is 0 Å². The average molecular weight is 447 g/mol. The van der Waals surface area contributed by atoms with E-state index in [4.69, 9.17) is 14.2 Å². The van der Waals surface area contributed by atoms with Crippen LogP contribution in [-0.4, -0.2) is 48.1 Å². The Labute approximate surface area is 176 Å². The Kier molecular flexibility index (Phi) is 5.59. The quantitative estimate of drug-likeness (QED) is 0.364. The molecule has 162 valence electrons. The van der Waals surface area contributed by atoms with Crippen LogP contribution < -0.4 is 9.57 Å². The predicted molar refractivity (Wildman–Crippen MR) is 102 cm³/mol. The van der Waals surface area contributed by atoms with Crippen molar-refractivity contribution in [2.75, 3.05) is 0 Å². The molecule has 0 radical (unpaired) electrons. The summed E-state index contributed by atoms with van der Waals surface area (Å²) in [5.41, 5.74) is 0.945. The van der Waals surface area contributed by atoms with Crippen LogP contribution in [0.15, 0.2) is 65.3 Å². The number of nitrogens with zero attached hydrogens (tertiary/aromatic N) is 2. The van der Waals surface area contributed by atoms with Crippen LogP contribution in [0.3, 0.4) is 0 Å². The minimum atomic E-state index is -4.25. The zero-order valence-corrected chi connectivity index (χ0v) is 16.7. The molecular formula is C19H17N3O8S. The van der Waals surface area contributed by atoms with Crippen LogP contribution in [0.5, 0.6) is 5.75 Å². The average Bonchev–Trinajstić information content (AvgIpc) is 3.30. The molecule has 2 unspecified atom stereocenters. The normalized spacial score (nSPS) is 19.8. The Hall–Kier alpha value is -3.48. The van der Waals surface area contributed by atoms with E-state index in [0.717, 1.165) is 5.56 Å². The molecule has 2 aliphatic rings. The van der Waals surface area contributed by atoms with Gasteiger partial charge in [-0.1, -0.05) is 4.83 Å². The molecule has 1 aromatic heterocycles. The van der Waals surface area contributed by atoms with Gasteiger partial charge in [0.1, 0.15) is 12.4 Å². The molecule has 1 aromatic carbocycles. The smallest absolute Gasteiger partial charge is 0.489 e. The number of carbonyl (C=O) groups excluding carboxylic acids is 2. The number of benzene rings is 1. The number of aromatic nitrogens is 1. The second-order valence-electron chi connectivity index (χ2n) is 6.71. The zero-order chi connectivity index (χ0) is 22.0. The SMILES string of the molecule is O=C1OC2C=C(C(=O)N(O)NS(=O)(=O)c3ccc(OCc4ccncc4)cc3)CC2O1. The largest absolute Gasteiger partial charge is 0.509 e. The Bertz CT molecular complexity index is 1120. The predicted octanol–water partition coefficient (Wildman–Crippen LogP) is 1.31. The van der Waals surface area contributed by atoms with Gasteiger partial charge in [0.2, 0.25) is 0 Å². The van der Waals surface area contributed by atoms with Gasteiger partial charge in [-0.25, -0.2) is 13.2 Å². The number of amides is 1. The summed E-state index contributed by atoms with van der Waals surface area (Å²) in [6.07, 6.45) is 2.33. The van der Waals surface area contributed by atoms with Crippen molar-refractivity contribution < 1.29 is 37.4 Å². The first-order chi connectivity index (χ1) is 14.8. The molecule has 1 aliphatic carbocycles. The maximum atomic E-state index is 12.5. The van der Waals surface area contributed by atoms with Crippen LogP contribution in [0.4, 0.5) is 4.79 Å². The van der Waals surface area contributed by atoms with Gasteiger partial charge < -0.3 is 14.2 Å². The van der Waals surface area contributed by atoms with Gasteiger partial charge in [-0.3, -0.25) is 15.0 Å². The van der Waals surface area contributed by atoms with E-state index in [0.29, 0.717) is 5.75 Å². The van der Waals surface area contributed by atoms with Crippen LogP contribution in [0.1, 0.15) is 12.0 Å². The topological polar surface area (TPSA) is 144 Å². The first kappa shape index (κ1) is 20.8. The molecule has 11 nitrogen and oxygen atoms in total. The van der Waals surface area contributed by atoms with E-state index in [1.54, 1.807) is 29.4 Å². The molecule has 2 heterocycles. The summed E-state index contributed by atoms with van der Waals surface area (Å²) in [6.45, 7) is 0.280. The molecule has 31 heavy (non-hydrogen) atoms. The molecule has 4 rings (SSSR count). The summed E-state index contributed by atoms with van der Waals surface area (Å²) < 4.78 is 40.2. The molecule has 2 atom stereocenters. The monoisotopic (exact) mass is 447 g/mol. The molecule has 1 aliphatic heterocycles. The fraction of sp³-hybridized carbons (Fsp3) is 0.211. The Morgan fingerprint density at radius 2 is 1.90 bits per heavy atom. The Balaban J connectivity index is 1.36. The highest BCUT2D eigenvalue weighted by Crippen LogP contribution is 2.30. The summed E-state index contributed by atoms with van der Waals surface area (Å²) in [7, 11) is -4.25. The molecule has 1 amide bonds. The number of nitrogens with one attached hydrogen (secondary N) is 1. The van der Waals surface area contributed by atoms with Crippen molar-refractivity contribution in [1.29, 1.82) is 0 Å². The van der Waals surface area contributed by atoms with Gasteiger partial charge in [-0.05, 0) is 48.0 Å². The molecule has 1 saturated heterocycles. The highest BCUT2D eigenvalue weighted by atomic mass is 32.2. The summed E-state index contributed by atoms with van der Waals surface area (Å²) in [5.74, 6) is -0.570. The lowest BCUT2D eigenvalue weighted by Crippen LogP contribution is -2.44.